The number of anilines is 1. The van der Waals surface area contributed by atoms with Gasteiger partial charge in [-0.05, 0) is 25.8 Å². The van der Waals surface area contributed by atoms with Crippen molar-refractivity contribution >= 4 is 15.8 Å². The van der Waals surface area contributed by atoms with Crippen molar-refractivity contribution < 1.29 is 13.2 Å². The molecule has 2 atom stereocenters. The monoisotopic (exact) mass is 286 g/mol. The summed E-state index contributed by atoms with van der Waals surface area (Å²) in [6, 6.07) is 2.53. The predicted octanol–water partition coefficient (Wildman–Crippen LogP) is 0.213. The summed E-state index contributed by atoms with van der Waals surface area (Å²) in [5.41, 5.74) is 2.32. The number of nitrogen functional groups attached to an aromatic ring is 1. The summed E-state index contributed by atoms with van der Waals surface area (Å²) in [6.07, 6.45) is 3.16. The van der Waals surface area contributed by atoms with Crippen LogP contribution in [0.2, 0.25) is 0 Å². The molecule has 4 N–H and O–H groups in total. The van der Waals surface area contributed by atoms with E-state index in [9.17, 15) is 8.42 Å². The third-order valence-corrected chi connectivity index (χ3v) is 4.61. The third kappa shape index (κ3) is 3.41. The van der Waals surface area contributed by atoms with Gasteiger partial charge in [0, 0.05) is 24.9 Å². The second-order valence-electron chi connectivity index (χ2n) is 4.48. The lowest BCUT2D eigenvalue weighted by atomic mass is 10.1. The fourth-order valence-electron chi connectivity index (χ4n) is 2.04. The Kier molecular flexibility index (Phi) is 4.35. The maximum absolute atomic E-state index is 12.2. The Bertz CT molecular complexity index is 528. The SMILES string of the molecule is CC(NS(=O)(=O)c1ccnc(NN)c1)C1CCCO1. The third-order valence-electron chi connectivity index (χ3n) is 3.05. The molecule has 1 saturated heterocycles. The van der Waals surface area contributed by atoms with Gasteiger partial charge in [0.15, 0.2) is 0 Å². The van der Waals surface area contributed by atoms with Gasteiger partial charge < -0.3 is 10.2 Å². The van der Waals surface area contributed by atoms with Crippen molar-refractivity contribution in [2.24, 2.45) is 5.84 Å². The van der Waals surface area contributed by atoms with Crippen LogP contribution >= 0.6 is 0 Å². The smallest absolute Gasteiger partial charge is 0.241 e. The van der Waals surface area contributed by atoms with E-state index in [1.807, 2.05) is 0 Å². The van der Waals surface area contributed by atoms with E-state index in [1.54, 1.807) is 6.92 Å². The van der Waals surface area contributed by atoms with Gasteiger partial charge >= 0.3 is 0 Å². The molecule has 1 aliphatic heterocycles. The first kappa shape index (κ1) is 14.2. The molecule has 0 spiro atoms. The van der Waals surface area contributed by atoms with Gasteiger partial charge in [-0.15, -0.1) is 0 Å². The fraction of sp³-hybridized carbons (Fsp3) is 0.545. The second-order valence-corrected chi connectivity index (χ2v) is 6.20. The van der Waals surface area contributed by atoms with Crippen molar-refractivity contribution in [1.29, 1.82) is 0 Å². The molecule has 1 fully saturated rings. The highest BCUT2D eigenvalue weighted by atomic mass is 32.2. The van der Waals surface area contributed by atoms with Crippen LogP contribution in [0.15, 0.2) is 23.2 Å². The summed E-state index contributed by atoms with van der Waals surface area (Å²) in [5, 5.41) is 0. The number of pyridine rings is 1. The first-order valence-electron chi connectivity index (χ1n) is 6.09. The highest BCUT2D eigenvalue weighted by molar-refractivity contribution is 7.89. The molecule has 0 amide bonds. The molecule has 2 unspecified atom stereocenters. The average Bonchev–Trinajstić information content (AvgIpc) is 2.92. The lowest BCUT2D eigenvalue weighted by Gasteiger charge is -2.20. The normalized spacial score (nSPS) is 21.3. The van der Waals surface area contributed by atoms with Crippen molar-refractivity contribution in [2.75, 3.05) is 12.0 Å². The molecule has 0 saturated carbocycles. The molecular formula is C11H18N4O3S. The Morgan fingerprint density at radius 1 is 1.58 bits per heavy atom. The number of aromatic nitrogens is 1. The quantitative estimate of drug-likeness (QED) is 0.528. The number of nitrogens with one attached hydrogen (secondary N) is 2. The number of ether oxygens (including phenoxy) is 1. The Hall–Kier alpha value is -1.22. The van der Waals surface area contributed by atoms with E-state index in [4.69, 9.17) is 10.6 Å². The van der Waals surface area contributed by atoms with Crippen LogP contribution in [0, 0.1) is 0 Å². The van der Waals surface area contributed by atoms with Crippen molar-refractivity contribution in [2.45, 2.75) is 36.8 Å². The zero-order valence-corrected chi connectivity index (χ0v) is 11.5. The van der Waals surface area contributed by atoms with Gasteiger partial charge in [-0.3, -0.25) is 0 Å². The molecule has 2 heterocycles. The van der Waals surface area contributed by atoms with Gasteiger partial charge in [-0.25, -0.2) is 24.0 Å². The number of nitrogens with zero attached hydrogens (tertiary/aromatic N) is 1. The Morgan fingerprint density at radius 3 is 3.00 bits per heavy atom. The van der Waals surface area contributed by atoms with Crippen LogP contribution in [0.4, 0.5) is 5.82 Å². The average molecular weight is 286 g/mol. The molecule has 1 aromatic heterocycles. The van der Waals surface area contributed by atoms with E-state index >= 15 is 0 Å². The maximum Gasteiger partial charge on any atom is 0.241 e. The molecule has 0 aliphatic carbocycles. The molecule has 0 radical (unpaired) electrons. The van der Waals surface area contributed by atoms with Gasteiger partial charge in [-0.2, -0.15) is 0 Å². The van der Waals surface area contributed by atoms with Crippen LogP contribution < -0.4 is 16.0 Å². The van der Waals surface area contributed by atoms with E-state index in [-0.39, 0.29) is 17.0 Å². The number of hydrogen-bond donors (Lipinski definition) is 3. The number of hydrogen-bond acceptors (Lipinski definition) is 6. The van der Waals surface area contributed by atoms with Crippen molar-refractivity contribution in [3.63, 3.8) is 0 Å². The molecule has 106 valence electrons. The van der Waals surface area contributed by atoms with Gasteiger partial charge in [-0.1, -0.05) is 0 Å². The highest BCUT2D eigenvalue weighted by Gasteiger charge is 2.27. The van der Waals surface area contributed by atoms with Crippen LogP contribution in [0.1, 0.15) is 19.8 Å². The molecule has 1 aliphatic rings. The summed E-state index contributed by atoms with van der Waals surface area (Å²) < 4.78 is 32.5. The van der Waals surface area contributed by atoms with Crippen LogP contribution in [0.3, 0.4) is 0 Å². The maximum atomic E-state index is 12.2. The first-order valence-corrected chi connectivity index (χ1v) is 7.58. The highest BCUT2D eigenvalue weighted by Crippen LogP contribution is 2.18. The molecule has 8 heteroatoms. The van der Waals surface area contributed by atoms with Gasteiger partial charge in [0.2, 0.25) is 10.0 Å². The number of nitrogens with two attached hydrogens (primary N) is 1. The van der Waals surface area contributed by atoms with Gasteiger partial charge in [0.05, 0.1) is 11.0 Å². The second kappa shape index (κ2) is 5.83. The molecule has 0 aromatic carbocycles. The van der Waals surface area contributed by atoms with E-state index in [0.717, 1.165) is 12.8 Å². The largest absolute Gasteiger partial charge is 0.377 e. The van der Waals surface area contributed by atoms with E-state index < -0.39 is 10.0 Å². The molecule has 0 bridgehead atoms. The van der Waals surface area contributed by atoms with Gasteiger partial charge in [0.1, 0.15) is 5.82 Å². The van der Waals surface area contributed by atoms with Gasteiger partial charge in [0.25, 0.3) is 0 Å². The molecule has 2 rings (SSSR count). The van der Waals surface area contributed by atoms with Crippen LogP contribution in [-0.2, 0) is 14.8 Å². The summed E-state index contributed by atoms with van der Waals surface area (Å²) in [5.74, 6) is 5.51. The summed E-state index contributed by atoms with van der Waals surface area (Å²) in [6.45, 7) is 2.49. The Labute approximate surface area is 112 Å². The minimum absolute atomic E-state index is 0.0660. The lowest BCUT2D eigenvalue weighted by molar-refractivity contribution is 0.0902. The topological polar surface area (TPSA) is 106 Å². The zero-order valence-electron chi connectivity index (χ0n) is 10.7. The summed E-state index contributed by atoms with van der Waals surface area (Å²) in [7, 11) is -3.60. The zero-order chi connectivity index (χ0) is 13.9. The van der Waals surface area contributed by atoms with Crippen molar-refractivity contribution in [3.05, 3.63) is 18.3 Å². The lowest BCUT2D eigenvalue weighted by Crippen LogP contribution is -2.40. The number of hydrazine groups is 1. The Morgan fingerprint density at radius 2 is 2.37 bits per heavy atom. The minimum atomic E-state index is -3.60. The molecule has 19 heavy (non-hydrogen) atoms. The summed E-state index contributed by atoms with van der Waals surface area (Å²) >= 11 is 0. The minimum Gasteiger partial charge on any atom is -0.377 e. The Balaban J connectivity index is 2.12. The van der Waals surface area contributed by atoms with Crippen molar-refractivity contribution in [1.82, 2.24) is 9.71 Å². The van der Waals surface area contributed by atoms with E-state index in [1.165, 1.54) is 18.3 Å². The molecular weight excluding hydrogens is 268 g/mol. The fourth-order valence-corrected chi connectivity index (χ4v) is 3.33. The van der Waals surface area contributed by atoms with Crippen molar-refractivity contribution in [3.8, 4) is 0 Å². The predicted molar refractivity (Wildman–Crippen MR) is 70.8 cm³/mol. The standard InChI is InChI=1S/C11H18N4O3S/c1-8(10-3-2-6-18-10)15-19(16,17)9-4-5-13-11(7-9)14-12/h4-5,7-8,10,15H,2-3,6,12H2,1H3,(H,13,14). The van der Waals surface area contributed by atoms with Crippen LogP contribution in [-0.4, -0.2) is 32.2 Å². The number of rotatable bonds is 5. The van der Waals surface area contributed by atoms with Crippen LogP contribution in [0.5, 0.6) is 0 Å². The summed E-state index contributed by atoms with van der Waals surface area (Å²) in [4.78, 5) is 4.00. The first-order chi connectivity index (χ1) is 9.03. The van der Waals surface area contributed by atoms with E-state index in [2.05, 4.69) is 15.1 Å². The number of sulfonamides is 1. The van der Waals surface area contributed by atoms with E-state index in [0.29, 0.717) is 12.4 Å². The molecule has 7 nitrogen and oxygen atoms in total. The van der Waals surface area contributed by atoms with Crippen LogP contribution in [0.25, 0.3) is 0 Å². The molecule has 1 aromatic rings.